The molecule has 0 bridgehead atoms. The van der Waals surface area contributed by atoms with Crippen molar-refractivity contribution in [1.29, 1.82) is 0 Å². The van der Waals surface area contributed by atoms with Gasteiger partial charge in [-0.2, -0.15) is 0 Å². The highest BCUT2D eigenvalue weighted by atomic mass is 32.1. The molecule has 106 valence electrons. The SMILES string of the molecule is CCOC(=O)c1ncsc1NCC(C)(C)C(=O)NC. The van der Waals surface area contributed by atoms with E-state index in [0.29, 0.717) is 18.2 Å². The summed E-state index contributed by atoms with van der Waals surface area (Å²) in [5, 5.41) is 6.31. The number of anilines is 1. The van der Waals surface area contributed by atoms with Gasteiger partial charge in [-0.05, 0) is 20.8 Å². The Kier molecular flexibility index (Phi) is 5.29. The summed E-state index contributed by atoms with van der Waals surface area (Å²) in [4.78, 5) is 27.3. The minimum Gasteiger partial charge on any atom is -0.461 e. The second-order valence-electron chi connectivity index (χ2n) is 4.57. The van der Waals surface area contributed by atoms with Gasteiger partial charge in [-0.1, -0.05) is 0 Å². The lowest BCUT2D eigenvalue weighted by Crippen LogP contribution is -2.39. The van der Waals surface area contributed by atoms with Crippen LogP contribution in [0.5, 0.6) is 0 Å². The highest BCUT2D eigenvalue weighted by Crippen LogP contribution is 2.24. The van der Waals surface area contributed by atoms with Gasteiger partial charge in [-0.3, -0.25) is 4.79 Å². The first-order valence-electron chi connectivity index (χ1n) is 5.99. The molecule has 0 aliphatic rings. The average Bonchev–Trinajstić information content (AvgIpc) is 2.84. The van der Waals surface area contributed by atoms with Gasteiger partial charge in [0.25, 0.3) is 0 Å². The first-order chi connectivity index (χ1) is 8.92. The number of aromatic nitrogens is 1. The molecule has 0 aliphatic carbocycles. The van der Waals surface area contributed by atoms with Crippen LogP contribution in [0.15, 0.2) is 5.51 Å². The fraction of sp³-hybridized carbons (Fsp3) is 0.583. The number of nitrogens with one attached hydrogen (secondary N) is 2. The van der Waals surface area contributed by atoms with Gasteiger partial charge >= 0.3 is 5.97 Å². The van der Waals surface area contributed by atoms with Crippen LogP contribution in [0.3, 0.4) is 0 Å². The Hall–Kier alpha value is -1.63. The zero-order valence-electron chi connectivity index (χ0n) is 11.6. The highest BCUT2D eigenvalue weighted by Gasteiger charge is 2.27. The van der Waals surface area contributed by atoms with Crippen molar-refractivity contribution in [2.45, 2.75) is 20.8 Å². The van der Waals surface area contributed by atoms with E-state index in [4.69, 9.17) is 4.74 Å². The molecule has 1 heterocycles. The zero-order chi connectivity index (χ0) is 14.5. The predicted molar refractivity (Wildman–Crippen MR) is 74.4 cm³/mol. The van der Waals surface area contributed by atoms with Crippen molar-refractivity contribution in [3.63, 3.8) is 0 Å². The summed E-state index contributed by atoms with van der Waals surface area (Å²) in [6.45, 7) is 6.10. The molecule has 1 aromatic rings. The fourth-order valence-corrected chi connectivity index (χ4v) is 2.10. The monoisotopic (exact) mass is 285 g/mol. The molecule has 1 rings (SSSR count). The summed E-state index contributed by atoms with van der Waals surface area (Å²) in [6, 6.07) is 0. The topological polar surface area (TPSA) is 80.3 Å². The lowest BCUT2D eigenvalue weighted by Gasteiger charge is -2.23. The van der Waals surface area contributed by atoms with E-state index in [1.165, 1.54) is 11.3 Å². The van der Waals surface area contributed by atoms with Gasteiger partial charge in [0.2, 0.25) is 5.91 Å². The first kappa shape index (κ1) is 15.4. The molecular weight excluding hydrogens is 266 g/mol. The molecule has 2 N–H and O–H groups in total. The normalized spacial score (nSPS) is 10.9. The van der Waals surface area contributed by atoms with Crippen LogP contribution in [0.1, 0.15) is 31.3 Å². The maximum Gasteiger partial charge on any atom is 0.360 e. The number of hydrogen-bond acceptors (Lipinski definition) is 6. The number of amides is 1. The number of esters is 1. The van der Waals surface area contributed by atoms with Crippen LogP contribution < -0.4 is 10.6 Å². The third kappa shape index (κ3) is 3.92. The number of thiazole rings is 1. The Labute approximate surface area is 116 Å². The number of ether oxygens (including phenoxy) is 1. The average molecular weight is 285 g/mol. The van der Waals surface area contributed by atoms with Crippen molar-refractivity contribution in [3.05, 3.63) is 11.2 Å². The van der Waals surface area contributed by atoms with Crippen molar-refractivity contribution in [3.8, 4) is 0 Å². The van der Waals surface area contributed by atoms with Crippen molar-refractivity contribution in [1.82, 2.24) is 10.3 Å². The van der Waals surface area contributed by atoms with E-state index < -0.39 is 11.4 Å². The van der Waals surface area contributed by atoms with Crippen molar-refractivity contribution in [2.24, 2.45) is 5.41 Å². The number of hydrogen-bond donors (Lipinski definition) is 2. The number of nitrogens with zero attached hydrogens (tertiary/aromatic N) is 1. The second-order valence-corrected chi connectivity index (χ2v) is 5.42. The molecule has 0 radical (unpaired) electrons. The quantitative estimate of drug-likeness (QED) is 0.774. The van der Waals surface area contributed by atoms with Crippen molar-refractivity contribution < 1.29 is 14.3 Å². The van der Waals surface area contributed by atoms with Gasteiger partial charge in [-0.25, -0.2) is 9.78 Å². The standard InChI is InChI=1S/C12H19N3O3S/c1-5-18-10(16)8-9(19-7-15-8)14-6-12(2,3)11(17)13-4/h7,14H,5-6H2,1-4H3,(H,13,17). The van der Waals surface area contributed by atoms with E-state index in [2.05, 4.69) is 15.6 Å². The molecule has 0 saturated carbocycles. The lowest BCUT2D eigenvalue weighted by molar-refractivity contribution is -0.128. The van der Waals surface area contributed by atoms with Gasteiger partial charge in [0.05, 0.1) is 17.5 Å². The molecule has 7 heteroatoms. The third-order valence-corrected chi connectivity index (χ3v) is 3.35. The van der Waals surface area contributed by atoms with Crippen molar-refractivity contribution in [2.75, 3.05) is 25.5 Å². The van der Waals surface area contributed by atoms with E-state index in [0.717, 1.165) is 0 Å². The summed E-state index contributed by atoms with van der Waals surface area (Å²) in [6.07, 6.45) is 0. The molecule has 0 saturated heterocycles. The van der Waals surface area contributed by atoms with Crippen LogP contribution in [0.2, 0.25) is 0 Å². The summed E-state index contributed by atoms with van der Waals surface area (Å²) in [5.74, 6) is -0.522. The molecule has 6 nitrogen and oxygen atoms in total. The minimum atomic E-state index is -0.579. The van der Waals surface area contributed by atoms with Crippen LogP contribution in [-0.2, 0) is 9.53 Å². The molecule has 0 aliphatic heterocycles. The minimum absolute atomic E-state index is 0.0674. The molecule has 1 amide bonds. The number of rotatable bonds is 6. The van der Waals surface area contributed by atoms with E-state index in [-0.39, 0.29) is 11.6 Å². The molecule has 0 atom stereocenters. The fourth-order valence-electron chi connectivity index (χ4n) is 1.44. The predicted octanol–water partition coefficient (Wildman–Crippen LogP) is 1.50. The van der Waals surface area contributed by atoms with E-state index >= 15 is 0 Å². The molecule has 1 aromatic heterocycles. The van der Waals surface area contributed by atoms with Crippen molar-refractivity contribution >= 4 is 28.2 Å². The van der Waals surface area contributed by atoms with E-state index in [1.807, 2.05) is 13.8 Å². The maximum atomic E-state index is 11.7. The van der Waals surface area contributed by atoms with E-state index in [1.54, 1.807) is 19.5 Å². The first-order valence-corrected chi connectivity index (χ1v) is 6.87. The van der Waals surface area contributed by atoms with Gasteiger partial charge in [0, 0.05) is 13.6 Å². The smallest absolute Gasteiger partial charge is 0.360 e. The second kappa shape index (κ2) is 6.51. The summed E-state index contributed by atoms with van der Waals surface area (Å²) in [7, 11) is 1.60. The van der Waals surface area contributed by atoms with Crippen LogP contribution >= 0.6 is 11.3 Å². The molecule has 0 unspecified atom stereocenters. The van der Waals surface area contributed by atoms with Gasteiger partial charge in [-0.15, -0.1) is 11.3 Å². The van der Waals surface area contributed by atoms with Gasteiger partial charge in [0.15, 0.2) is 5.69 Å². The number of carbonyl (C=O) groups is 2. The zero-order valence-corrected chi connectivity index (χ0v) is 12.4. The molecule has 0 spiro atoms. The molecular formula is C12H19N3O3S. The Morgan fingerprint density at radius 3 is 2.74 bits per heavy atom. The third-order valence-electron chi connectivity index (χ3n) is 2.57. The van der Waals surface area contributed by atoms with Gasteiger partial charge < -0.3 is 15.4 Å². The maximum absolute atomic E-state index is 11.7. The Bertz CT molecular complexity index is 457. The van der Waals surface area contributed by atoms with Crippen LogP contribution in [0.25, 0.3) is 0 Å². The Balaban J connectivity index is 2.71. The molecule has 0 aromatic carbocycles. The largest absolute Gasteiger partial charge is 0.461 e. The summed E-state index contributed by atoms with van der Waals surface area (Å²) in [5.41, 5.74) is 1.26. The Morgan fingerprint density at radius 2 is 2.16 bits per heavy atom. The summed E-state index contributed by atoms with van der Waals surface area (Å²) < 4.78 is 4.91. The van der Waals surface area contributed by atoms with E-state index in [9.17, 15) is 9.59 Å². The lowest BCUT2D eigenvalue weighted by atomic mass is 9.92. The van der Waals surface area contributed by atoms with Crippen LogP contribution in [0, 0.1) is 5.41 Å². The van der Waals surface area contributed by atoms with Crippen LogP contribution in [-0.4, -0.2) is 37.1 Å². The van der Waals surface area contributed by atoms with Gasteiger partial charge in [0.1, 0.15) is 5.00 Å². The molecule has 0 fully saturated rings. The number of carbonyl (C=O) groups excluding carboxylic acids is 2. The Morgan fingerprint density at radius 1 is 1.47 bits per heavy atom. The molecule has 19 heavy (non-hydrogen) atoms. The van der Waals surface area contributed by atoms with Crippen LogP contribution in [0.4, 0.5) is 5.00 Å². The highest BCUT2D eigenvalue weighted by molar-refractivity contribution is 7.14. The summed E-state index contributed by atoms with van der Waals surface area (Å²) >= 11 is 1.31.